The van der Waals surface area contributed by atoms with Gasteiger partial charge in [-0.2, -0.15) is 0 Å². The zero-order chi connectivity index (χ0) is 18.6. The number of nitrogens with zero attached hydrogens (tertiary/aromatic N) is 2. The van der Waals surface area contributed by atoms with E-state index in [9.17, 15) is 14.4 Å². The van der Waals surface area contributed by atoms with E-state index in [1.165, 1.54) is 6.92 Å². The molecule has 0 saturated carbocycles. The summed E-state index contributed by atoms with van der Waals surface area (Å²) >= 11 is 0. The number of urea groups is 1. The summed E-state index contributed by atoms with van der Waals surface area (Å²) in [7, 11) is 0. The summed E-state index contributed by atoms with van der Waals surface area (Å²) in [4.78, 5) is 44.1. The molecule has 1 aromatic heterocycles. The molecule has 0 aliphatic carbocycles. The van der Waals surface area contributed by atoms with Crippen molar-refractivity contribution >= 4 is 28.9 Å². The summed E-state index contributed by atoms with van der Waals surface area (Å²) in [5.41, 5.74) is 3.08. The fraction of sp³-hybridized carbons (Fsp3) is 0.353. The number of carbonyl (C=O) groups is 3. The van der Waals surface area contributed by atoms with E-state index in [-0.39, 0.29) is 5.56 Å². The standard InChI is InChI=1S/C17H20N4O4/c1-5-18-17(24)21-15(22)11(4)25-16(23)12-6-7-13-14(8-12)20-10(3)9(2)19-13/h6-8,11H,5H2,1-4H3,(H2,18,21,22,24). The summed E-state index contributed by atoms with van der Waals surface area (Å²) in [5, 5.41) is 4.51. The third kappa shape index (κ3) is 4.50. The van der Waals surface area contributed by atoms with E-state index in [1.54, 1.807) is 25.1 Å². The van der Waals surface area contributed by atoms with Crippen LogP contribution in [-0.4, -0.2) is 40.5 Å². The van der Waals surface area contributed by atoms with Gasteiger partial charge in [-0.1, -0.05) is 0 Å². The van der Waals surface area contributed by atoms with Gasteiger partial charge >= 0.3 is 12.0 Å². The van der Waals surface area contributed by atoms with Crippen molar-refractivity contribution in [2.75, 3.05) is 6.54 Å². The minimum Gasteiger partial charge on any atom is -0.449 e. The molecule has 2 rings (SSSR count). The monoisotopic (exact) mass is 344 g/mol. The fourth-order valence-electron chi connectivity index (χ4n) is 2.06. The predicted molar refractivity (Wildman–Crippen MR) is 91.1 cm³/mol. The molecule has 0 bridgehead atoms. The first kappa shape index (κ1) is 18.3. The molecule has 8 heteroatoms. The normalized spacial score (nSPS) is 11.7. The molecule has 8 nitrogen and oxygen atoms in total. The Kier molecular flexibility index (Phi) is 5.63. The molecule has 0 spiro atoms. The molecular formula is C17H20N4O4. The van der Waals surface area contributed by atoms with Crippen molar-refractivity contribution in [2.24, 2.45) is 0 Å². The molecule has 132 valence electrons. The van der Waals surface area contributed by atoms with Crippen LogP contribution in [0.25, 0.3) is 11.0 Å². The summed E-state index contributed by atoms with van der Waals surface area (Å²) < 4.78 is 5.10. The lowest BCUT2D eigenvalue weighted by atomic mass is 10.2. The van der Waals surface area contributed by atoms with Crippen molar-refractivity contribution in [2.45, 2.75) is 33.8 Å². The minimum absolute atomic E-state index is 0.253. The zero-order valence-corrected chi connectivity index (χ0v) is 14.5. The van der Waals surface area contributed by atoms with E-state index in [2.05, 4.69) is 20.6 Å². The van der Waals surface area contributed by atoms with Gasteiger partial charge in [0.15, 0.2) is 6.10 Å². The molecule has 0 saturated heterocycles. The number of fused-ring (bicyclic) bond motifs is 1. The summed E-state index contributed by atoms with van der Waals surface area (Å²) in [6, 6.07) is 4.15. The number of aromatic nitrogens is 2. The van der Waals surface area contributed by atoms with Crippen molar-refractivity contribution in [3.63, 3.8) is 0 Å². The van der Waals surface area contributed by atoms with E-state index in [0.29, 0.717) is 17.6 Å². The Morgan fingerprint density at radius 3 is 2.40 bits per heavy atom. The molecule has 1 atom stereocenters. The summed E-state index contributed by atoms with van der Waals surface area (Å²) in [6.07, 6.45) is -1.11. The molecule has 0 radical (unpaired) electrons. The van der Waals surface area contributed by atoms with Crippen LogP contribution in [0, 0.1) is 13.8 Å². The van der Waals surface area contributed by atoms with Crippen LogP contribution in [0.5, 0.6) is 0 Å². The number of carbonyl (C=O) groups excluding carboxylic acids is 3. The maximum atomic E-state index is 12.2. The van der Waals surface area contributed by atoms with Crippen LogP contribution in [0.1, 0.15) is 35.6 Å². The predicted octanol–water partition coefficient (Wildman–Crippen LogP) is 1.64. The highest BCUT2D eigenvalue weighted by molar-refractivity contribution is 5.99. The Morgan fingerprint density at radius 2 is 1.76 bits per heavy atom. The molecule has 0 aliphatic heterocycles. The summed E-state index contributed by atoms with van der Waals surface area (Å²) in [6.45, 7) is 7.18. The first-order chi connectivity index (χ1) is 11.8. The maximum absolute atomic E-state index is 12.2. The van der Waals surface area contributed by atoms with E-state index in [4.69, 9.17) is 4.74 Å². The Bertz CT molecular complexity index is 835. The number of rotatable bonds is 4. The first-order valence-corrected chi connectivity index (χ1v) is 7.86. The van der Waals surface area contributed by atoms with Crippen molar-refractivity contribution in [1.82, 2.24) is 20.6 Å². The zero-order valence-electron chi connectivity index (χ0n) is 14.5. The number of nitrogens with one attached hydrogen (secondary N) is 2. The van der Waals surface area contributed by atoms with E-state index < -0.39 is 24.0 Å². The van der Waals surface area contributed by atoms with Crippen LogP contribution in [0.15, 0.2) is 18.2 Å². The van der Waals surface area contributed by atoms with Gasteiger partial charge in [-0.25, -0.2) is 19.6 Å². The Balaban J connectivity index is 2.09. The average Bonchev–Trinajstić information content (AvgIpc) is 2.55. The molecule has 1 heterocycles. The van der Waals surface area contributed by atoms with Crippen molar-refractivity contribution < 1.29 is 19.1 Å². The van der Waals surface area contributed by atoms with Gasteiger partial charge in [0.25, 0.3) is 5.91 Å². The van der Waals surface area contributed by atoms with Crippen molar-refractivity contribution in [3.05, 3.63) is 35.2 Å². The number of esters is 1. The quantitative estimate of drug-likeness (QED) is 0.816. The molecule has 25 heavy (non-hydrogen) atoms. The smallest absolute Gasteiger partial charge is 0.338 e. The lowest BCUT2D eigenvalue weighted by Crippen LogP contribution is -2.44. The lowest BCUT2D eigenvalue weighted by Gasteiger charge is -2.13. The number of ether oxygens (including phenoxy) is 1. The molecule has 2 aromatic rings. The highest BCUT2D eigenvalue weighted by Gasteiger charge is 2.21. The van der Waals surface area contributed by atoms with Crippen LogP contribution >= 0.6 is 0 Å². The van der Waals surface area contributed by atoms with Crippen LogP contribution in [0.2, 0.25) is 0 Å². The lowest BCUT2D eigenvalue weighted by molar-refractivity contribution is -0.127. The van der Waals surface area contributed by atoms with Crippen molar-refractivity contribution in [1.29, 1.82) is 0 Å². The van der Waals surface area contributed by atoms with Gasteiger partial charge in [-0.15, -0.1) is 0 Å². The second-order valence-electron chi connectivity index (χ2n) is 5.49. The second-order valence-corrected chi connectivity index (χ2v) is 5.49. The molecule has 2 N–H and O–H groups in total. The second kappa shape index (κ2) is 7.69. The Morgan fingerprint density at radius 1 is 1.12 bits per heavy atom. The van der Waals surface area contributed by atoms with Gasteiger partial charge in [0.2, 0.25) is 0 Å². The molecular weight excluding hydrogens is 324 g/mol. The first-order valence-electron chi connectivity index (χ1n) is 7.86. The van der Waals surface area contributed by atoms with E-state index in [1.807, 2.05) is 13.8 Å². The van der Waals surface area contributed by atoms with Gasteiger partial charge in [0.1, 0.15) is 0 Å². The maximum Gasteiger partial charge on any atom is 0.338 e. The molecule has 3 amide bonds. The number of benzene rings is 1. The van der Waals surface area contributed by atoms with Gasteiger partial charge in [-0.3, -0.25) is 10.1 Å². The largest absolute Gasteiger partial charge is 0.449 e. The SMILES string of the molecule is CCNC(=O)NC(=O)C(C)OC(=O)c1ccc2nc(C)c(C)nc2c1. The fourth-order valence-corrected chi connectivity index (χ4v) is 2.06. The molecule has 1 unspecified atom stereocenters. The third-order valence-corrected chi connectivity index (χ3v) is 3.54. The highest BCUT2D eigenvalue weighted by atomic mass is 16.5. The van der Waals surface area contributed by atoms with E-state index >= 15 is 0 Å². The van der Waals surface area contributed by atoms with Gasteiger partial charge in [0.05, 0.1) is 28.0 Å². The number of aryl methyl sites for hydroxylation is 2. The topological polar surface area (TPSA) is 110 Å². The van der Waals surface area contributed by atoms with Crippen LogP contribution < -0.4 is 10.6 Å². The number of hydrogen-bond donors (Lipinski definition) is 2. The van der Waals surface area contributed by atoms with Crippen LogP contribution in [0.3, 0.4) is 0 Å². The number of imide groups is 1. The van der Waals surface area contributed by atoms with Gasteiger partial charge in [0, 0.05) is 6.54 Å². The minimum atomic E-state index is -1.11. The molecule has 1 aromatic carbocycles. The van der Waals surface area contributed by atoms with Crippen molar-refractivity contribution in [3.8, 4) is 0 Å². The Labute approximate surface area is 145 Å². The molecule has 0 fully saturated rings. The Hall–Kier alpha value is -3.03. The van der Waals surface area contributed by atoms with E-state index in [0.717, 1.165) is 11.4 Å². The van der Waals surface area contributed by atoms with Gasteiger partial charge in [-0.05, 0) is 45.9 Å². The number of amides is 3. The average molecular weight is 344 g/mol. The summed E-state index contributed by atoms with van der Waals surface area (Å²) in [5.74, 6) is -1.38. The number of hydrogen-bond acceptors (Lipinski definition) is 6. The molecule has 0 aliphatic rings. The van der Waals surface area contributed by atoms with Gasteiger partial charge < -0.3 is 10.1 Å². The third-order valence-electron chi connectivity index (χ3n) is 3.54. The van der Waals surface area contributed by atoms with Crippen LogP contribution in [0.4, 0.5) is 4.79 Å². The van der Waals surface area contributed by atoms with Crippen LogP contribution in [-0.2, 0) is 9.53 Å². The highest BCUT2D eigenvalue weighted by Crippen LogP contribution is 2.15.